The van der Waals surface area contributed by atoms with Gasteiger partial charge in [0.1, 0.15) is 11.3 Å². The van der Waals surface area contributed by atoms with Crippen molar-refractivity contribution < 1.29 is 23.9 Å². The van der Waals surface area contributed by atoms with Gasteiger partial charge < -0.3 is 19.7 Å². The van der Waals surface area contributed by atoms with Crippen molar-refractivity contribution in [3.63, 3.8) is 0 Å². The third-order valence-electron chi connectivity index (χ3n) is 3.55. The van der Waals surface area contributed by atoms with E-state index in [2.05, 4.69) is 5.32 Å². The summed E-state index contributed by atoms with van der Waals surface area (Å²) in [4.78, 5) is 36.1. The fourth-order valence-electron chi connectivity index (χ4n) is 2.37. The predicted octanol–water partition coefficient (Wildman–Crippen LogP) is 0.891. The number of amides is 2. The van der Waals surface area contributed by atoms with Crippen LogP contribution in [0.25, 0.3) is 0 Å². The maximum atomic E-state index is 12.1. The molecule has 114 valence electrons. The molecular formula is C14H18N2O5. The number of aromatic carboxylic acids is 1. The normalized spacial score (nSPS) is 18.7. The minimum atomic E-state index is -1.11. The van der Waals surface area contributed by atoms with Gasteiger partial charge in [-0.2, -0.15) is 0 Å². The molecule has 1 aromatic rings. The number of nitrogens with one attached hydrogen (secondary N) is 1. The zero-order valence-corrected chi connectivity index (χ0v) is 12.0. The molecule has 0 spiro atoms. The smallest absolute Gasteiger partial charge is 0.339 e. The van der Waals surface area contributed by atoms with E-state index in [9.17, 15) is 14.4 Å². The molecule has 0 aromatic carbocycles. The number of carboxylic acids is 1. The van der Waals surface area contributed by atoms with Crippen LogP contribution in [0.3, 0.4) is 0 Å². The maximum absolute atomic E-state index is 12.1. The summed E-state index contributed by atoms with van der Waals surface area (Å²) < 4.78 is 5.30. The number of hydrogen-bond acceptors (Lipinski definition) is 4. The van der Waals surface area contributed by atoms with Gasteiger partial charge in [-0.3, -0.25) is 9.59 Å². The number of carbonyl (C=O) groups is 3. The number of likely N-dealkylation sites (tertiary alicyclic amines) is 1. The van der Waals surface area contributed by atoms with Crippen molar-refractivity contribution in [3.05, 3.63) is 23.2 Å². The number of rotatable bonds is 4. The van der Waals surface area contributed by atoms with Gasteiger partial charge in [-0.15, -0.1) is 0 Å². The summed E-state index contributed by atoms with van der Waals surface area (Å²) in [5, 5.41) is 11.8. The van der Waals surface area contributed by atoms with Gasteiger partial charge in [0.2, 0.25) is 5.91 Å². The van der Waals surface area contributed by atoms with Crippen molar-refractivity contribution in [2.45, 2.75) is 32.2 Å². The van der Waals surface area contributed by atoms with E-state index in [0.717, 1.165) is 0 Å². The molecule has 1 aliphatic heterocycles. The molecule has 1 aliphatic rings. The molecule has 1 atom stereocenters. The zero-order valence-electron chi connectivity index (χ0n) is 12.0. The number of carbonyl (C=O) groups excluding carboxylic acids is 2. The third kappa shape index (κ3) is 3.24. The summed E-state index contributed by atoms with van der Waals surface area (Å²) in [6.07, 6.45) is 1.36. The summed E-state index contributed by atoms with van der Waals surface area (Å²) in [5.41, 5.74) is 0.0126. The van der Waals surface area contributed by atoms with E-state index in [0.29, 0.717) is 25.8 Å². The van der Waals surface area contributed by atoms with Crippen LogP contribution in [-0.4, -0.2) is 47.4 Å². The lowest BCUT2D eigenvalue weighted by Crippen LogP contribution is -2.48. The first-order chi connectivity index (χ1) is 9.92. The Balaban J connectivity index is 2.07. The van der Waals surface area contributed by atoms with Gasteiger partial charge in [-0.1, -0.05) is 6.92 Å². The molecule has 2 amide bonds. The van der Waals surface area contributed by atoms with Crippen LogP contribution in [0.15, 0.2) is 10.5 Å². The van der Waals surface area contributed by atoms with Crippen LogP contribution >= 0.6 is 0 Å². The zero-order chi connectivity index (χ0) is 15.6. The van der Waals surface area contributed by atoms with Crippen molar-refractivity contribution in [1.82, 2.24) is 10.2 Å². The Kier molecular flexibility index (Phi) is 4.30. The first kappa shape index (κ1) is 15.1. The number of aryl methyl sites for hydroxylation is 1. The second kappa shape index (κ2) is 5.99. The molecule has 2 rings (SSSR count). The van der Waals surface area contributed by atoms with Crippen LogP contribution in [-0.2, 0) is 11.2 Å². The molecule has 2 N–H and O–H groups in total. The Bertz CT molecular complexity index is 578. The van der Waals surface area contributed by atoms with Gasteiger partial charge in [0, 0.05) is 38.5 Å². The SMILES string of the molecule is CCc1oc(C(=O)NC2CCC(=O)N(C)C2)cc1C(=O)O. The fourth-order valence-corrected chi connectivity index (χ4v) is 2.37. The largest absolute Gasteiger partial charge is 0.478 e. The highest BCUT2D eigenvalue weighted by molar-refractivity contribution is 5.96. The predicted molar refractivity (Wildman–Crippen MR) is 73.2 cm³/mol. The van der Waals surface area contributed by atoms with Gasteiger partial charge in [0.25, 0.3) is 5.91 Å². The molecule has 7 heteroatoms. The Morgan fingerprint density at radius 3 is 2.76 bits per heavy atom. The van der Waals surface area contributed by atoms with E-state index in [1.165, 1.54) is 6.07 Å². The van der Waals surface area contributed by atoms with E-state index in [1.807, 2.05) is 0 Å². The monoisotopic (exact) mass is 294 g/mol. The molecule has 21 heavy (non-hydrogen) atoms. The molecule has 0 radical (unpaired) electrons. The van der Waals surface area contributed by atoms with Crippen LogP contribution in [0.2, 0.25) is 0 Å². The summed E-state index contributed by atoms with van der Waals surface area (Å²) >= 11 is 0. The summed E-state index contributed by atoms with van der Waals surface area (Å²) in [7, 11) is 1.69. The molecule has 1 unspecified atom stereocenters. The average Bonchev–Trinajstić information content (AvgIpc) is 2.87. The number of carboxylic acid groups (broad SMARTS) is 1. The lowest BCUT2D eigenvalue weighted by atomic mass is 10.1. The summed E-state index contributed by atoms with van der Waals surface area (Å²) in [6, 6.07) is 1.09. The van der Waals surface area contributed by atoms with E-state index in [1.54, 1.807) is 18.9 Å². The van der Waals surface area contributed by atoms with Gasteiger partial charge in [0.05, 0.1) is 0 Å². The van der Waals surface area contributed by atoms with Crippen LogP contribution < -0.4 is 5.32 Å². The van der Waals surface area contributed by atoms with Crippen molar-refractivity contribution in [1.29, 1.82) is 0 Å². The first-order valence-electron chi connectivity index (χ1n) is 6.83. The second-order valence-electron chi connectivity index (χ2n) is 5.09. The molecule has 2 heterocycles. The number of likely N-dealkylation sites (N-methyl/N-ethyl adjacent to an activating group) is 1. The van der Waals surface area contributed by atoms with Crippen molar-refractivity contribution in [2.75, 3.05) is 13.6 Å². The van der Waals surface area contributed by atoms with Crippen LogP contribution in [0.4, 0.5) is 0 Å². The lowest BCUT2D eigenvalue weighted by molar-refractivity contribution is -0.132. The fraction of sp³-hybridized carbons (Fsp3) is 0.500. The molecule has 1 aromatic heterocycles. The molecule has 7 nitrogen and oxygen atoms in total. The van der Waals surface area contributed by atoms with Gasteiger partial charge >= 0.3 is 5.97 Å². The highest BCUT2D eigenvalue weighted by Gasteiger charge is 2.26. The topological polar surface area (TPSA) is 99.9 Å². The van der Waals surface area contributed by atoms with Gasteiger partial charge in [0.15, 0.2) is 5.76 Å². The Labute approximate surface area is 121 Å². The first-order valence-corrected chi connectivity index (χ1v) is 6.83. The molecular weight excluding hydrogens is 276 g/mol. The highest BCUT2D eigenvalue weighted by atomic mass is 16.4. The average molecular weight is 294 g/mol. The second-order valence-corrected chi connectivity index (χ2v) is 5.09. The summed E-state index contributed by atoms with van der Waals surface area (Å²) in [6.45, 7) is 2.20. The Hall–Kier alpha value is -2.31. The number of piperidine rings is 1. The van der Waals surface area contributed by atoms with E-state index < -0.39 is 11.9 Å². The summed E-state index contributed by atoms with van der Waals surface area (Å²) in [5.74, 6) is -1.24. The third-order valence-corrected chi connectivity index (χ3v) is 3.55. The van der Waals surface area contributed by atoms with Crippen LogP contribution in [0.1, 0.15) is 46.4 Å². The van der Waals surface area contributed by atoms with Gasteiger partial charge in [-0.05, 0) is 6.42 Å². The number of furan rings is 1. The standard InChI is InChI=1S/C14H18N2O5/c1-3-10-9(14(19)20)6-11(21-10)13(18)15-8-4-5-12(17)16(2)7-8/h6,8H,3-5,7H2,1-2H3,(H,15,18)(H,19,20). The van der Waals surface area contributed by atoms with Crippen LogP contribution in [0.5, 0.6) is 0 Å². The Morgan fingerprint density at radius 2 is 2.24 bits per heavy atom. The molecule has 0 saturated carbocycles. The highest BCUT2D eigenvalue weighted by Crippen LogP contribution is 2.17. The van der Waals surface area contributed by atoms with Crippen LogP contribution in [0, 0.1) is 0 Å². The number of nitrogens with zero attached hydrogens (tertiary/aromatic N) is 1. The van der Waals surface area contributed by atoms with Crippen molar-refractivity contribution in [3.8, 4) is 0 Å². The molecule has 1 saturated heterocycles. The number of hydrogen-bond donors (Lipinski definition) is 2. The Morgan fingerprint density at radius 1 is 1.52 bits per heavy atom. The quantitative estimate of drug-likeness (QED) is 0.859. The molecule has 0 aliphatic carbocycles. The molecule has 1 fully saturated rings. The minimum Gasteiger partial charge on any atom is -0.478 e. The lowest BCUT2D eigenvalue weighted by Gasteiger charge is -2.29. The maximum Gasteiger partial charge on any atom is 0.339 e. The minimum absolute atomic E-state index is 0.0104. The van der Waals surface area contributed by atoms with E-state index in [4.69, 9.17) is 9.52 Å². The van der Waals surface area contributed by atoms with Gasteiger partial charge in [-0.25, -0.2) is 4.79 Å². The van der Waals surface area contributed by atoms with E-state index in [-0.39, 0.29) is 29.0 Å². The van der Waals surface area contributed by atoms with E-state index >= 15 is 0 Å². The van der Waals surface area contributed by atoms with Crippen molar-refractivity contribution in [2.24, 2.45) is 0 Å². The molecule has 0 bridgehead atoms. The van der Waals surface area contributed by atoms with Crippen molar-refractivity contribution >= 4 is 17.8 Å².